The Balaban J connectivity index is 1.73. The zero-order chi connectivity index (χ0) is 21.3. The first-order valence-corrected chi connectivity index (χ1v) is 10.4. The number of ketones is 1. The molecule has 5 nitrogen and oxygen atoms in total. The molecule has 1 N–H and O–H groups in total. The number of carboxylic acids is 1. The molecule has 154 valence electrons. The third-order valence-electron chi connectivity index (χ3n) is 6.76. The monoisotopic (exact) mass is 403 g/mol. The number of aliphatic carboxylic acids is 1. The quantitative estimate of drug-likeness (QED) is 0.816. The highest BCUT2D eigenvalue weighted by atomic mass is 16.5. The second kappa shape index (κ2) is 6.21. The van der Waals surface area contributed by atoms with E-state index in [0.29, 0.717) is 12.2 Å². The summed E-state index contributed by atoms with van der Waals surface area (Å²) in [6.07, 6.45) is 8.20. The SMILES string of the molecule is CC(C)(CC1(C)C2=C3C=C4C=CC(=O)C=C4OC3CCN2c2ccccc21)C(=O)O. The molecule has 1 aliphatic carbocycles. The maximum atomic E-state index is 12.0. The summed E-state index contributed by atoms with van der Waals surface area (Å²) in [5.41, 5.74) is 4.09. The molecule has 0 fully saturated rings. The Morgan fingerprint density at radius 1 is 1.27 bits per heavy atom. The smallest absolute Gasteiger partial charge is 0.309 e. The molecule has 4 aliphatic rings. The number of carbonyl (C=O) groups excluding carboxylic acids is 1. The van der Waals surface area contributed by atoms with Gasteiger partial charge in [-0.1, -0.05) is 18.2 Å². The van der Waals surface area contributed by atoms with Crippen molar-refractivity contribution in [3.63, 3.8) is 0 Å². The molecule has 2 unspecified atom stereocenters. The van der Waals surface area contributed by atoms with Gasteiger partial charge in [0.05, 0.1) is 5.41 Å². The van der Waals surface area contributed by atoms with E-state index in [2.05, 4.69) is 30.0 Å². The van der Waals surface area contributed by atoms with Gasteiger partial charge in [0.25, 0.3) is 0 Å². The van der Waals surface area contributed by atoms with E-state index in [1.54, 1.807) is 32.1 Å². The first-order chi connectivity index (χ1) is 14.2. The van der Waals surface area contributed by atoms with Crippen molar-refractivity contribution in [1.29, 1.82) is 0 Å². The Labute approximate surface area is 176 Å². The minimum Gasteiger partial charge on any atom is -0.485 e. The van der Waals surface area contributed by atoms with E-state index in [1.165, 1.54) is 0 Å². The summed E-state index contributed by atoms with van der Waals surface area (Å²) in [4.78, 5) is 26.1. The summed E-state index contributed by atoms with van der Waals surface area (Å²) in [6, 6.07) is 8.30. The molecule has 5 rings (SSSR count). The molecular formula is C25H25NO4. The van der Waals surface area contributed by atoms with Gasteiger partial charge in [-0.05, 0) is 57.0 Å². The molecule has 30 heavy (non-hydrogen) atoms. The first kappa shape index (κ1) is 18.9. The van der Waals surface area contributed by atoms with Gasteiger partial charge in [0.15, 0.2) is 5.78 Å². The van der Waals surface area contributed by atoms with Crippen molar-refractivity contribution in [2.75, 3.05) is 11.4 Å². The molecule has 0 spiro atoms. The largest absolute Gasteiger partial charge is 0.485 e. The summed E-state index contributed by atoms with van der Waals surface area (Å²) in [6.45, 7) is 6.54. The van der Waals surface area contributed by atoms with Crippen LogP contribution in [-0.2, 0) is 19.7 Å². The van der Waals surface area contributed by atoms with Crippen LogP contribution in [0.15, 0.2) is 71.2 Å². The lowest BCUT2D eigenvalue weighted by molar-refractivity contribution is -0.147. The van der Waals surface area contributed by atoms with Crippen LogP contribution in [-0.4, -0.2) is 29.5 Å². The van der Waals surface area contributed by atoms with Crippen LogP contribution in [0.25, 0.3) is 0 Å². The highest BCUT2D eigenvalue weighted by molar-refractivity contribution is 6.02. The molecule has 1 aromatic carbocycles. The molecule has 0 amide bonds. The average molecular weight is 403 g/mol. The van der Waals surface area contributed by atoms with E-state index in [-0.39, 0.29) is 11.9 Å². The van der Waals surface area contributed by atoms with Crippen LogP contribution in [0.3, 0.4) is 0 Å². The molecule has 1 aromatic rings. The van der Waals surface area contributed by atoms with Crippen LogP contribution in [0.2, 0.25) is 0 Å². The third kappa shape index (κ3) is 2.61. The molecule has 0 radical (unpaired) electrons. The predicted molar refractivity (Wildman–Crippen MR) is 114 cm³/mol. The van der Waals surface area contributed by atoms with Crippen LogP contribution in [0.5, 0.6) is 0 Å². The number of rotatable bonds is 3. The van der Waals surface area contributed by atoms with E-state index < -0.39 is 16.8 Å². The summed E-state index contributed by atoms with van der Waals surface area (Å²) in [5.74, 6) is -0.222. The van der Waals surface area contributed by atoms with Gasteiger partial charge >= 0.3 is 5.97 Å². The second-order valence-electron chi connectivity index (χ2n) is 9.41. The van der Waals surface area contributed by atoms with Gasteiger partial charge in [0, 0.05) is 47.0 Å². The van der Waals surface area contributed by atoms with E-state index in [4.69, 9.17) is 4.74 Å². The lowest BCUT2D eigenvalue weighted by Crippen LogP contribution is -2.43. The number of allylic oxidation sites excluding steroid dienone is 4. The van der Waals surface area contributed by atoms with Crippen LogP contribution in [0.4, 0.5) is 5.69 Å². The molecular weight excluding hydrogens is 378 g/mol. The van der Waals surface area contributed by atoms with E-state index in [0.717, 1.165) is 41.1 Å². The van der Waals surface area contributed by atoms with E-state index >= 15 is 0 Å². The van der Waals surface area contributed by atoms with Crippen molar-refractivity contribution < 1.29 is 19.4 Å². The third-order valence-corrected chi connectivity index (χ3v) is 6.76. The highest BCUT2D eigenvalue weighted by Crippen LogP contribution is 2.56. The topological polar surface area (TPSA) is 66.8 Å². The number of carbonyl (C=O) groups is 2. The molecule has 0 bridgehead atoms. The molecule has 0 saturated heterocycles. The number of ether oxygens (including phenoxy) is 1. The lowest BCUT2D eigenvalue weighted by atomic mass is 9.68. The Morgan fingerprint density at radius 3 is 2.80 bits per heavy atom. The van der Waals surface area contributed by atoms with Crippen molar-refractivity contribution in [2.45, 2.75) is 45.1 Å². The summed E-state index contributed by atoms with van der Waals surface area (Å²) in [7, 11) is 0. The van der Waals surface area contributed by atoms with Gasteiger partial charge in [-0.15, -0.1) is 0 Å². The number of fused-ring (bicyclic) bond motifs is 5. The maximum Gasteiger partial charge on any atom is 0.309 e. The summed E-state index contributed by atoms with van der Waals surface area (Å²) >= 11 is 0. The minimum absolute atomic E-state index is 0.0583. The Morgan fingerprint density at radius 2 is 2.03 bits per heavy atom. The van der Waals surface area contributed by atoms with Gasteiger partial charge in [-0.25, -0.2) is 0 Å². The molecule has 5 heteroatoms. The molecule has 2 atom stereocenters. The van der Waals surface area contributed by atoms with Crippen LogP contribution >= 0.6 is 0 Å². The van der Waals surface area contributed by atoms with Crippen LogP contribution in [0, 0.1) is 5.41 Å². The zero-order valence-electron chi connectivity index (χ0n) is 17.4. The van der Waals surface area contributed by atoms with Crippen molar-refractivity contribution in [2.24, 2.45) is 5.41 Å². The van der Waals surface area contributed by atoms with Crippen molar-refractivity contribution >= 4 is 17.4 Å². The first-order valence-electron chi connectivity index (χ1n) is 10.4. The zero-order valence-corrected chi connectivity index (χ0v) is 17.4. The fourth-order valence-corrected chi connectivity index (χ4v) is 5.46. The molecule has 0 aromatic heterocycles. The van der Waals surface area contributed by atoms with Crippen molar-refractivity contribution in [1.82, 2.24) is 0 Å². The van der Waals surface area contributed by atoms with Gasteiger partial charge in [-0.2, -0.15) is 0 Å². The highest BCUT2D eigenvalue weighted by Gasteiger charge is 2.51. The molecule has 3 heterocycles. The van der Waals surface area contributed by atoms with E-state index in [1.807, 2.05) is 12.1 Å². The standard InChI is InChI=1S/C25H25NO4/c1-24(2,23(28)29)14-25(3)18-6-4-5-7-19(18)26-11-10-20-17(22(25)26)12-15-8-9-16(27)13-21(15)30-20/h4-9,12-13,20H,10-11,14H2,1-3H3,(H,28,29). The number of hydrogen-bond acceptors (Lipinski definition) is 4. The molecule has 0 saturated carbocycles. The fraction of sp³-hybridized carbons (Fsp3) is 0.360. The second-order valence-corrected chi connectivity index (χ2v) is 9.41. The Bertz CT molecular complexity index is 1100. The number of hydrogen-bond donors (Lipinski definition) is 1. The minimum atomic E-state index is -0.886. The number of para-hydroxylation sites is 1. The number of carboxylic acid groups (broad SMARTS) is 1. The van der Waals surface area contributed by atoms with E-state index in [9.17, 15) is 14.7 Å². The summed E-state index contributed by atoms with van der Waals surface area (Å²) < 4.78 is 6.26. The Kier molecular flexibility index (Phi) is 3.91. The van der Waals surface area contributed by atoms with Gasteiger partial charge < -0.3 is 14.7 Å². The lowest BCUT2D eigenvalue weighted by Gasteiger charge is -2.42. The van der Waals surface area contributed by atoms with Gasteiger partial charge in [-0.3, -0.25) is 9.59 Å². The average Bonchev–Trinajstić information content (AvgIpc) is 2.95. The maximum absolute atomic E-state index is 12.0. The normalized spacial score (nSPS) is 26.8. The van der Waals surface area contributed by atoms with Crippen LogP contribution < -0.4 is 4.90 Å². The molecule has 3 aliphatic heterocycles. The van der Waals surface area contributed by atoms with Crippen molar-refractivity contribution in [3.8, 4) is 0 Å². The Hall–Kier alpha value is -3.08. The summed E-state index contributed by atoms with van der Waals surface area (Å²) in [5, 5.41) is 9.86. The number of benzene rings is 1. The fourth-order valence-electron chi connectivity index (χ4n) is 5.46. The van der Waals surface area contributed by atoms with Gasteiger partial charge in [0.1, 0.15) is 11.9 Å². The van der Waals surface area contributed by atoms with Gasteiger partial charge in [0.2, 0.25) is 0 Å². The number of nitrogens with zero attached hydrogens (tertiary/aromatic N) is 1. The predicted octanol–water partition coefficient (Wildman–Crippen LogP) is 4.27. The number of anilines is 1. The van der Waals surface area contributed by atoms with Crippen LogP contribution in [0.1, 0.15) is 39.2 Å². The van der Waals surface area contributed by atoms with Crippen molar-refractivity contribution in [3.05, 3.63) is 76.7 Å².